The number of anilines is 1. The van der Waals surface area contributed by atoms with Crippen molar-refractivity contribution in [3.8, 4) is 0 Å². The summed E-state index contributed by atoms with van der Waals surface area (Å²) < 4.78 is 0. The van der Waals surface area contributed by atoms with Gasteiger partial charge in [-0.25, -0.2) is 4.79 Å². The highest BCUT2D eigenvalue weighted by molar-refractivity contribution is 5.81. The molecular formula is C25H31N3O3. The number of aryl methyl sites for hydroxylation is 2. The van der Waals surface area contributed by atoms with Gasteiger partial charge in [-0.05, 0) is 48.9 Å². The fourth-order valence-electron chi connectivity index (χ4n) is 4.94. The highest BCUT2D eigenvalue weighted by Crippen LogP contribution is 2.35. The Labute approximate surface area is 184 Å². The number of carboxylic acid groups (broad SMARTS) is 1. The van der Waals surface area contributed by atoms with Crippen molar-refractivity contribution in [2.24, 2.45) is 5.92 Å². The van der Waals surface area contributed by atoms with E-state index in [0.717, 1.165) is 18.7 Å². The van der Waals surface area contributed by atoms with Crippen LogP contribution in [-0.2, 0) is 4.79 Å². The Bertz CT molecular complexity index is 938. The normalized spacial score (nSPS) is 21.8. The van der Waals surface area contributed by atoms with Gasteiger partial charge >= 0.3 is 6.09 Å². The molecule has 0 aromatic heterocycles. The van der Waals surface area contributed by atoms with Crippen LogP contribution in [0.2, 0.25) is 0 Å². The number of piperazine rings is 1. The van der Waals surface area contributed by atoms with Crippen molar-refractivity contribution in [3.05, 3.63) is 65.2 Å². The van der Waals surface area contributed by atoms with Crippen LogP contribution < -0.4 is 4.90 Å². The second-order valence-corrected chi connectivity index (χ2v) is 8.74. The lowest BCUT2D eigenvalue weighted by atomic mass is 9.79. The highest BCUT2D eigenvalue weighted by atomic mass is 16.4. The van der Waals surface area contributed by atoms with Crippen LogP contribution in [0.4, 0.5) is 10.5 Å². The summed E-state index contributed by atoms with van der Waals surface area (Å²) in [6, 6.07) is 16.5. The van der Waals surface area contributed by atoms with E-state index in [1.807, 2.05) is 23.1 Å². The van der Waals surface area contributed by atoms with Gasteiger partial charge in [-0.2, -0.15) is 0 Å². The van der Waals surface area contributed by atoms with Crippen molar-refractivity contribution in [2.75, 3.05) is 44.2 Å². The predicted molar refractivity (Wildman–Crippen MR) is 122 cm³/mol. The molecule has 2 atom stereocenters. The number of carbonyl (C=O) groups is 2. The van der Waals surface area contributed by atoms with E-state index in [9.17, 15) is 14.7 Å². The van der Waals surface area contributed by atoms with Gasteiger partial charge in [-0.15, -0.1) is 0 Å². The maximum absolute atomic E-state index is 13.6. The highest BCUT2D eigenvalue weighted by Gasteiger charge is 2.39. The smallest absolute Gasteiger partial charge is 0.407 e. The second-order valence-electron chi connectivity index (χ2n) is 8.74. The van der Waals surface area contributed by atoms with Gasteiger partial charge in [0.25, 0.3) is 0 Å². The summed E-state index contributed by atoms with van der Waals surface area (Å²) in [4.78, 5) is 30.8. The first-order valence-electron chi connectivity index (χ1n) is 11.1. The van der Waals surface area contributed by atoms with E-state index in [1.165, 1.54) is 21.7 Å². The zero-order valence-corrected chi connectivity index (χ0v) is 18.3. The second kappa shape index (κ2) is 9.00. The third-order valence-corrected chi connectivity index (χ3v) is 6.72. The van der Waals surface area contributed by atoms with Crippen molar-refractivity contribution < 1.29 is 14.7 Å². The molecule has 0 saturated carbocycles. The Morgan fingerprint density at radius 1 is 0.903 bits per heavy atom. The molecule has 0 radical (unpaired) electrons. The molecule has 2 saturated heterocycles. The zero-order chi connectivity index (χ0) is 22.0. The minimum atomic E-state index is -0.941. The van der Waals surface area contributed by atoms with Crippen LogP contribution >= 0.6 is 0 Å². The summed E-state index contributed by atoms with van der Waals surface area (Å²) in [6.45, 7) is 7.88. The standard InChI is InChI=1S/C25H31N3O3/c1-18-8-9-19(2)23(16-18)26-12-14-27(15-13-26)24(29)22-17-28(25(30)31)11-10-21(22)20-6-4-3-5-7-20/h3-9,16,21-22H,10-15,17H2,1-2H3,(H,30,31). The molecule has 6 heteroatoms. The quantitative estimate of drug-likeness (QED) is 0.820. The van der Waals surface area contributed by atoms with Gasteiger partial charge in [0.1, 0.15) is 0 Å². The van der Waals surface area contributed by atoms with Gasteiger partial charge in [-0.1, -0.05) is 42.5 Å². The number of hydrogen-bond donors (Lipinski definition) is 1. The molecule has 164 valence electrons. The van der Waals surface area contributed by atoms with Crippen molar-refractivity contribution in [3.63, 3.8) is 0 Å². The van der Waals surface area contributed by atoms with Gasteiger partial charge < -0.3 is 19.8 Å². The van der Waals surface area contributed by atoms with Gasteiger partial charge in [-0.3, -0.25) is 4.79 Å². The molecule has 2 aliphatic heterocycles. The van der Waals surface area contributed by atoms with E-state index >= 15 is 0 Å². The Balaban J connectivity index is 1.48. The zero-order valence-electron chi connectivity index (χ0n) is 18.3. The van der Waals surface area contributed by atoms with E-state index in [-0.39, 0.29) is 24.3 Å². The average molecular weight is 422 g/mol. The predicted octanol–water partition coefficient (Wildman–Crippen LogP) is 3.74. The van der Waals surface area contributed by atoms with E-state index in [0.29, 0.717) is 26.1 Å². The van der Waals surface area contributed by atoms with E-state index in [1.54, 1.807) is 0 Å². The maximum Gasteiger partial charge on any atom is 0.407 e. The lowest BCUT2D eigenvalue weighted by Gasteiger charge is -2.42. The molecule has 2 aromatic rings. The molecule has 2 heterocycles. The Morgan fingerprint density at radius 2 is 1.61 bits per heavy atom. The molecule has 2 unspecified atom stereocenters. The molecule has 1 N–H and O–H groups in total. The van der Waals surface area contributed by atoms with Gasteiger partial charge in [0.2, 0.25) is 5.91 Å². The topological polar surface area (TPSA) is 64.1 Å². The molecule has 0 aliphatic carbocycles. The Morgan fingerprint density at radius 3 is 2.29 bits per heavy atom. The van der Waals surface area contributed by atoms with Crippen LogP contribution in [0.25, 0.3) is 0 Å². The molecule has 0 bridgehead atoms. The van der Waals surface area contributed by atoms with Crippen LogP contribution in [0.5, 0.6) is 0 Å². The fourth-order valence-corrected chi connectivity index (χ4v) is 4.94. The van der Waals surface area contributed by atoms with Crippen LogP contribution in [-0.4, -0.2) is 66.2 Å². The van der Waals surface area contributed by atoms with Gasteiger partial charge in [0, 0.05) is 45.0 Å². The third-order valence-electron chi connectivity index (χ3n) is 6.72. The molecule has 2 aliphatic rings. The SMILES string of the molecule is Cc1ccc(C)c(N2CCN(C(=O)C3CN(C(=O)O)CCC3c3ccccc3)CC2)c1. The van der Waals surface area contributed by atoms with Crippen LogP contribution in [0, 0.1) is 19.8 Å². The number of likely N-dealkylation sites (tertiary alicyclic amines) is 1. The molecule has 0 spiro atoms. The van der Waals surface area contributed by atoms with Crippen LogP contribution in [0.1, 0.15) is 29.0 Å². The molecule has 2 fully saturated rings. The monoisotopic (exact) mass is 421 g/mol. The van der Waals surface area contributed by atoms with Crippen LogP contribution in [0.15, 0.2) is 48.5 Å². The fraction of sp³-hybridized carbons (Fsp3) is 0.440. The van der Waals surface area contributed by atoms with E-state index in [4.69, 9.17) is 0 Å². The summed E-state index contributed by atoms with van der Waals surface area (Å²) in [5.41, 5.74) is 4.85. The minimum Gasteiger partial charge on any atom is -0.465 e. The molecule has 31 heavy (non-hydrogen) atoms. The lowest BCUT2D eigenvalue weighted by Crippen LogP contribution is -2.54. The first-order valence-corrected chi connectivity index (χ1v) is 11.1. The lowest BCUT2D eigenvalue weighted by molar-refractivity contribution is -0.138. The Hall–Kier alpha value is -3.02. The van der Waals surface area contributed by atoms with Gasteiger partial charge in [0.15, 0.2) is 0 Å². The molecule has 4 rings (SSSR count). The molecule has 2 amide bonds. The van der Waals surface area contributed by atoms with Crippen molar-refractivity contribution in [1.82, 2.24) is 9.80 Å². The van der Waals surface area contributed by atoms with Crippen molar-refractivity contribution >= 4 is 17.7 Å². The maximum atomic E-state index is 13.6. The first kappa shape index (κ1) is 21.2. The minimum absolute atomic E-state index is 0.0568. The first-order chi connectivity index (χ1) is 14.9. The summed E-state index contributed by atoms with van der Waals surface area (Å²) >= 11 is 0. The summed E-state index contributed by atoms with van der Waals surface area (Å²) in [5.74, 6) is -0.193. The molecular weight excluding hydrogens is 390 g/mol. The number of piperidine rings is 1. The number of nitrogens with zero attached hydrogens (tertiary/aromatic N) is 3. The molecule has 6 nitrogen and oxygen atoms in total. The van der Waals surface area contributed by atoms with E-state index in [2.05, 4.69) is 49.1 Å². The number of amides is 2. The number of carbonyl (C=O) groups excluding carboxylic acids is 1. The summed E-state index contributed by atoms with van der Waals surface area (Å²) in [6.07, 6.45) is -0.265. The van der Waals surface area contributed by atoms with Crippen LogP contribution in [0.3, 0.4) is 0 Å². The molecule has 2 aromatic carbocycles. The Kier molecular flexibility index (Phi) is 6.16. The third kappa shape index (κ3) is 4.53. The van der Waals surface area contributed by atoms with Crippen molar-refractivity contribution in [1.29, 1.82) is 0 Å². The number of benzene rings is 2. The largest absolute Gasteiger partial charge is 0.465 e. The van der Waals surface area contributed by atoms with E-state index < -0.39 is 6.09 Å². The summed E-state index contributed by atoms with van der Waals surface area (Å²) in [7, 11) is 0. The number of rotatable bonds is 3. The number of hydrogen-bond acceptors (Lipinski definition) is 3. The average Bonchev–Trinajstić information content (AvgIpc) is 2.80. The summed E-state index contributed by atoms with van der Waals surface area (Å²) in [5, 5.41) is 9.51. The van der Waals surface area contributed by atoms with Gasteiger partial charge in [0.05, 0.1) is 5.92 Å². The van der Waals surface area contributed by atoms with Crippen molar-refractivity contribution in [2.45, 2.75) is 26.2 Å².